The van der Waals surface area contributed by atoms with Gasteiger partial charge in [-0.05, 0) is 53.4 Å². The van der Waals surface area contributed by atoms with Gasteiger partial charge in [-0.1, -0.05) is 15.9 Å². The number of alkyl halides is 1. The van der Waals surface area contributed by atoms with E-state index in [2.05, 4.69) is 36.8 Å². The first-order valence-electron chi connectivity index (χ1n) is 6.26. The van der Waals surface area contributed by atoms with E-state index in [1.807, 2.05) is 23.6 Å². The first kappa shape index (κ1) is 16.3. The Balaban J connectivity index is 1.68. The lowest BCUT2D eigenvalue weighted by atomic mass is 10.2. The van der Waals surface area contributed by atoms with Crippen LogP contribution in [0.2, 0.25) is 0 Å². The summed E-state index contributed by atoms with van der Waals surface area (Å²) in [7, 11) is 0. The zero-order valence-corrected chi connectivity index (χ0v) is 15.5. The fourth-order valence-corrected chi connectivity index (χ4v) is 3.91. The number of ether oxygens (including phenoxy) is 1. The van der Waals surface area contributed by atoms with E-state index in [0.29, 0.717) is 12.5 Å². The van der Waals surface area contributed by atoms with E-state index in [-0.39, 0.29) is 0 Å². The van der Waals surface area contributed by atoms with Crippen LogP contribution in [0.15, 0.2) is 32.5 Å². The molecule has 6 heteroatoms. The smallest absolute Gasteiger partial charge is 0.133 e. The molecule has 0 amide bonds. The van der Waals surface area contributed by atoms with Crippen molar-refractivity contribution in [1.29, 1.82) is 0 Å². The van der Waals surface area contributed by atoms with E-state index in [9.17, 15) is 0 Å². The van der Waals surface area contributed by atoms with Crippen molar-refractivity contribution in [2.45, 2.75) is 25.1 Å². The maximum absolute atomic E-state index is 5.75. The van der Waals surface area contributed by atoms with Crippen LogP contribution < -0.4 is 4.74 Å². The van der Waals surface area contributed by atoms with Crippen molar-refractivity contribution in [3.8, 4) is 5.75 Å². The lowest BCUT2D eigenvalue weighted by Crippen LogP contribution is -1.99. The van der Waals surface area contributed by atoms with Crippen LogP contribution in [-0.2, 0) is 12.3 Å². The lowest BCUT2D eigenvalue weighted by molar-refractivity contribution is 0.305. The highest BCUT2D eigenvalue weighted by atomic mass is 79.9. The van der Waals surface area contributed by atoms with E-state index in [0.717, 1.165) is 44.7 Å². The first-order valence-corrected chi connectivity index (χ1v) is 9.26. The number of hydrogen-bond donors (Lipinski definition) is 0. The van der Waals surface area contributed by atoms with Crippen LogP contribution >= 0.6 is 54.8 Å². The summed E-state index contributed by atoms with van der Waals surface area (Å²) in [6.07, 6.45) is 3.08. The maximum atomic E-state index is 5.75. The van der Waals surface area contributed by atoms with Crippen LogP contribution in [0, 0.1) is 0 Å². The zero-order valence-electron chi connectivity index (χ0n) is 10.7. The van der Waals surface area contributed by atoms with Crippen molar-refractivity contribution in [2.75, 3.05) is 6.61 Å². The molecule has 108 valence electrons. The van der Waals surface area contributed by atoms with Crippen molar-refractivity contribution in [3.63, 3.8) is 0 Å². The monoisotopic (exact) mass is 437 g/mol. The molecule has 1 aromatic heterocycles. The quantitative estimate of drug-likeness (QED) is 0.401. The van der Waals surface area contributed by atoms with E-state index in [1.54, 1.807) is 11.3 Å². The Morgan fingerprint density at radius 2 is 2.10 bits per heavy atom. The normalized spacial score (nSPS) is 10.8. The number of halogens is 3. The van der Waals surface area contributed by atoms with Crippen LogP contribution in [0.5, 0.6) is 5.75 Å². The third kappa shape index (κ3) is 5.02. The Morgan fingerprint density at radius 1 is 1.25 bits per heavy atom. The highest BCUT2D eigenvalue weighted by molar-refractivity contribution is 9.11. The first-order chi connectivity index (χ1) is 9.69. The van der Waals surface area contributed by atoms with E-state index in [1.165, 1.54) is 0 Å². The number of thiazole rings is 1. The largest absolute Gasteiger partial charge is 0.492 e. The molecule has 0 saturated carbocycles. The molecular weight excluding hydrogens is 425 g/mol. The molecule has 0 aliphatic rings. The Morgan fingerprint density at radius 3 is 2.80 bits per heavy atom. The van der Waals surface area contributed by atoms with E-state index < -0.39 is 0 Å². The fourth-order valence-electron chi connectivity index (χ4n) is 1.68. The van der Waals surface area contributed by atoms with Crippen LogP contribution in [0.3, 0.4) is 0 Å². The molecule has 0 aliphatic carbocycles. The number of aromatic nitrogens is 1. The summed E-state index contributed by atoms with van der Waals surface area (Å²) in [5.41, 5.74) is 0.974. The van der Waals surface area contributed by atoms with Crippen LogP contribution in [0.1, 0.15) is 23.5 Å². The third-order valence-corrected chi connectivity index (χ3v) is 5.02. The van der Waals surface area contributed by atoms with Gasteiger partial charge in [0.15, 0.2) is 0 Å². The SMILES string of the molecule is ClCc1csc(CCCCOc2ccc(Br)cc2Br)n1. The number of rotatable bonds is 7. The highest BCUT2D eigenvalue weighted by Crippen LogP contribution is 2.28. The van der Waals surface area contributed by atoms with Crippen molar-refractivity contribution >= 4 is 54.8 Å². The average molecular weight is 440 g/mol. The maximum Gasteiger partial charge on any atom is 0.133 e. The van der Waals surface area contributed by atoms with Gasteiger partial charge in [0.2, 0.25) is 0 Å². The molecule has 0 bridgehead atoms. The fraction of sp³-hybridized carbons (Fsp3) is 0.357. The van der Waals surface area contributed by atoms with Gasteiger partial charge < -0.3 is 4.74 Å². The molecule has 0 spiro atoms. The molecule has 0 aliphatic heterocycles. The summed E-state index contributed by atoms with van der Waals surface area (Å²) in [6, 6.07) is 5.92. The minimum absolute atomic E-state index is 0.497. The topological polar surface area (TPSA) is 22.1 Å². The Kier molecular flexibility index (Phi) is 6.81. The number of unbranched alkanes of at least 4 members (excludes halogenated alkanes) is 1. The molecule has 1 aromatic carbocycles. The molecule has 2 aromatic rings. The van der Waals surface area contributed by atoms with Gasteiger partial charge in [-0.25, -0.2) is 4.98 Å². The number of hydrogen-bond acceptors (Lipinski definition) is 3. The zero-order chi connectivity index (χ0) is 14.4. The molecule has 0 atom stereocenters. The molecular formula is C14H14Br2ClNOS. The van der Waals surface area contributed by atoms with Crippen molar-refractivity contribution in [1.82, 2.24) is 4.98 Å². The standard InChI is InChI=1S/C14H14Br2ClNOS/c15-10-4-5-13(12(16)7-10)19-6-2-1-3-14-18-11(8-17)9-20-14/h4-5,7,9H,1-3,6,8H2. The molecule has 1 heterocycles. The average Bonchev–Trinajstić information content (AvgIpc) is 2.88. The van der Waals surface area contributed by atoms with Crippen LogP contribution in [0.4, 0.5) is 0 Å². The number of nitrogens with zero attached hydrogens (tertiary/aromatic N) is 1. The lowest BCUT2D eigenvalue weighted by Gasteiger charge is -2.08. The van der Waals surface area contributed by atoms with Crippen molar-refractivity contribution < 1.29 is 4.74 Å². The van der Waals surface area contributed by atoms with Gasteiger partial charge in [-0.15, -0.1) is 22.9 Å². The molecule has 0 N–H and O–H groups in total. The van der Waals surface area contributed by atoms with Gasteiger partial charge in [-0.3, -0.25) is 0 Å². The molecule has 2 nitrogen and oxygen atoms in total. The minimum Gasteiger partial charge on any atom is -0.492 e. The second-order valence-electron chi connectivity index (χ2n) is 4.25. The van der Waals surface area contributed by atoms with Gasteiger partial charge >= 0.3 is 0 Å². The Hall–Kier alpha value is -0.100. The van der Waals surface area contributed by atoms with Crippen molar-refractivity contribution in [2.24, 2.45) is 0 Å². The predicted octanol–water partition coefficient (Wildman–Crippen LogP) is 5.81. The van der Waals surface area contributed by atoms with Crippen molar-refractivity contribution in [3.05, 3.63) is 43.2 Å². The van der Waals surface area contributed by atoms with Crippen LogP contribution in [0.25, 0.3) is 0 Å². The summed E-state index contributed by atoms with van der Waals surface area (Å²) >= 11 is 14.3. The van der Waals surface area contributed by atoms with Gasteiger partial charge in [0, 0.05) is 9.85 Å². The van der Waals surface area contributed by atoms with Gasteiger partial charge in [0.25, 0.3) is 0 Å². The van der Waals surface area contributed by atoms with Gasteiger partial charge in [0.1, 0.15) is 5.75 Å². The second kappa shape index (κ2) is 8.37. The summed E-state index contributed by atoms with van der Waals surface area (Å²) in [6.45, 7) is 0.716. The van der Waals surface area contributed by atoms with E-state index in [4.69, 9.17) is 16.3 Å². The number of benzene rings is 1. The molecule has 0 saturated heterocycles. The summed E-state index contributed by atoms with van der Waals surface area (Å²) in [4.78, 5) is 4.44. The summed E-state index contributed by atoms with van der Waals surface area (Å²) < 4.78 is 7.76. The third-order valence-electron chi connectivity index (χ3n) is 2.67. The minimum atomic E-state index is 0.497. The van der Waals surface area contributed by atoms with Gasteiger partial charge in [-0.2, -0.15) is 0 Å². The molecule has 0 radical (unpaired) electrons. The second-order valence-corrected chi connectivity index (χ2v) is 7.23. The van der Waals surface area contributed by atoms with Crippen LogP contribution in [-0.4, -0.2) is 11.6 Å². The van der Waals surface area contributed by atoms with E-state index >= 15 is 0 Å². The predicted molar refractivity (Wildman–Crippen MR) is 91.9 cm³/mol. The molecule has 20 heavy (non-hydrogen) atoms. The molecule has 2 rings (SSSR count). The molecule has 0 unspecified atom stereocenters. The Bertz CT molecular complexity index is 562. The highest BCUT2D eigenvalue weighted by Gasteiger charge is 2.03. The summed E-state index contributed by atoms with van der Waals surface area (Å²) in [5, 5.41) is 3.18. The number of aryl methyl sites for hydroxylation is 1. The summed E-state index contributed by atoms with van der Waals surface area (Å²) in [5.74, 6) is 1.38. The molecule has 0 fully saturated rings. The van der Waals surface area contributed by atoms with Gasteiger partial charge in [0.05, 0.1) is 27.7 Å². The Labute approximate surface area is 144 Å².